The third-order valence-corrected chi connectivity index (χ3v) is 7.75. The first kappa shape index (κ1) is 17.7. The molecule has 1 N–H and O–H groups in total. The van der Waals surface area contributed by atoms with E-state index in [2.05, 4.69) is 0 Å². The zero-order valence-electron chi connectivity index (χ0n) is 16.0. The van der Waals surface area contributed by atoms with Gasteiger partial charge in [0.25, 0.3) is 0 Å². The van der Waals surface area contributed by atoms with Crippen molar-refractivity contribution in [1.82, 2.24) is 0 Å². The average Bonchev–Trinajstić information content (AvgIpc) is 3.08. The minimum atomic E-state index is -0.555. The highest BCUT2D eigenvalue weighted by Crippen LogP contribution is 2.63. The van der Waals surface area contributed by atoms with Gasteiger partial charge in [0.1, 0.15) is 5.82 Å². The SMILES string of the molecule is O=C(CC12CC3CC(CC(O)(C3)C1)C2)N(c1ccccc1F)C1CCCC1. The second kappa shape index (κ2) is 6.30. The molecule has 27 heavy (non-hydrogen) atoms. The van der Waals surface area contributed by atoms with Gasteiger partial charge in [-0.05, 0) is 80.8 Å². The second-order valence-corrected chi connectivity index (χ2v) is 10.0. The maximum Gasteiger partial charge on any atom is 0.227 e. The Morgan fingerprint density at radius 2 is 1.78 bits per heavy atom. The first-order chi connectivity index (χ1) is 13.0. The molecule has 3 nitrogen and oxygen atoms in total. The van der Waals surface area contributed by atoms with Crippen molar-refractivity contribution >= 4 is 11.6 Å². The van der Waals surface area contributed by atoms with Crippen molar-refractivity contribution in [3.05, 3.63) is 30.1 Å². The van der Waals surface area contributed by atoms with Gasteiger partial charge in [0.15, 0.2) is 0 Å². The summed E-state index contributed by atoms with van der Waals surface area (Å²) in [4.78, 5) is 15.3. The number of anilines is 1. The number of carbonyl (C=O) groups is 1. The van der Waals surface area contributed by atoms with Crippen LogP contribution in [-0.4, -0.2) is 22.7 Å². The van der Waals surface area contributed by atoms with Gasteiger partial charge in [-0.2, -0.15) is 0 Å². The zero-order valence-corrected chi connectivity index (χ0v) is 16.0. The van der Waals surface area contributed by atoms with E-state index in [1.54, 1.807) is 17.0 Å². The molecule has 2 atom stereocenters. The van der Waals surface area contributed by atoms with Crippen molar-refractivity contribution < 1.29 is 14.3 Å². The molecule has 0 aliphatic heterocycles. The molecular weight excluding hydrogens is 341 g/mol. The minimum absolute atomic E-state index is 0.0672. The molecule has 0 saturated heterocycles. The number of benzene rings is 1. The van der Waals surface area contributed by atoms with Crippen LogP contribution in [0.25, 0.3) is 0 Å². The number of para-hydroxylation sites is 1. The summed E-state index contributed by atoms with van der Waals surface area (Å²) in [5.74, 6) is 0.898. The van der Waals surface area contributed by atoms with Crippen LogP contribution in [0, 0.1) is 23.1 Å². The monoisotopic (exact) mass is 371 g/mol. The number of carbonyl (C=O) groups excluding carboxylic acids is 1. The molecule has 6 rings (SSSR count). The van der Waals surface area contributed by atoms with Crippen LogP contribution in [0.3, 0.4) is 0 Å². The van der Waals surface area contributed by atoms with Crippen molar-refractivity contribution in [3.8, 4) is 0 Å². The molecule has 0 heterocycles. The molecule has 5 aliphatic carbocycles. The van der Waals surface area contributed by atoms with E-state index in [1.165, 1.54) is 12.5 Å². The highest BCUT2D eigenvalue weighted by molar-refractivity contribution is 5.94. The van der Waals surface area contributed by atoms with E-state index < -0.39 is 5.60 Å². The lowest BCUT2D eigenvalue weighted by atomic mass is 9.47. The molecule has 5 aliphatic rings. The van der Waals surface area contributed by atoms with Crippen LogP contribution in [0.4, 0.5) is 10.1 Å². The molecule has 4 bridgehead atoms. The summed E-state index contributed by atoms with van der Waals surface area (Å²) < 4.78 is 14.6. The van der Waals surface area contributed by atoms with E-state index in [4.69, 9.17) is 0 Å². The van der Waals surface area contributed by atoms with Crippen LogP contribution in [0.15, 0.2) is 24.3 Å². The zero-order chi connectivity index (χ0) is 18.6. The van der Waals surface area contributed by atoms with Gasteiger partial charge >= 0.3 is 0 Å². The fourth-order valence-electron chi connectivity index (χ4n) is 7.36. The Labute approximate surface area is 160 Å². The Hall–Kier alpha value is -1.42. The van der Waals surface area contributed by atoms with Crippen LogP contribution in [0.2, 0.25) is 0 Å². The first-order valence-corrected chi connectivity index (χ1v) is 10.7. The van der Waals surface area contributed by atoms with Crippen LogP contribution in [0.5, 0.6) is 0 Å². The standard InChI is InChI=1S/C23H30FNO2/c24-19-7-3-4-8-20(19)25(18-5-1-2-6-18)21(26)14-22-10-16-9-17(11-22)13-23(27,12-16)15-22/h3-4,7-8,16-18,27H,1-2,5-6,9-15H2. The maximum atomic E-state index is 14.6. The predicted octanol–water partition coefficient (Wildman–Crippen LogP) is 4.82. The van der Waals surface area contributed by atoms with Gasteiger partial charge in [0.05, 0.1) is 11.3 Å². The summed E-state index contributed by atoms with van der Waals surface area (Å²) in [6.07, 6.45) is 10.5. The quantitative estimate of drug-likeness (QED) is 0.824. The third kappa shape index (κ3) is 3.10. The van der Waals surface area contributed by atoms with Crippen molar-refractivity contribution in [2.24, 2.45) is 17.3 Å². The smallest absolute Gasteiger partial charge is 0.227 e. The Bertz CT molecular complexity index is 728. The minimum Gasteiger partial charge on any atom is -0.390 e. The van der Waals surface area contributed by atoms with Crippen molar-refractivity contribution in [2.45, 2.75) is 82.3 Å². The van der Waals surface area contributed by atoms with Gasteiger partial charge < -0.3 is 10.0 Å². The number of amides is 1. The lowest BCUT2D eigenvalue weighted by Gasteiger charge is -2.60. The van der Waals surface area contributed by atoms with E-state index in [9.17, 15) is 14.3 Å². The molecule has 4 heteroatoms. The Kier molecular flexibility index (Phi) is 4.12. The van der Waals surface area contributed by atoms with Gasteiger partial charge in [0.2, 0.25) is 5.91 Å². The van der Waals surface area contributed by atoms with Gasteiger partial charge in [-0.1, -0.05) is 25.0 Å². The van der Waals surface area contributed by atoms with E-state index in [0.717, 1.165) is 57.8 Å². The van der Waals surface area contributed by atoms with Crippen molar-refractivity contribution in [3.63, 3.8) is 0 Å². The number of hydrogen-bond donors (Lipinski definition) is 1. The van der Waals surface area contributed by atoms with E-state index in [0.29, 0.717) is 23.9 Å². The Balaban J connectivity index is 1.43. The second-order valence-electron chi connectivity index (χ2n) is 10.0. The molecule has 0 spiro atoms. The number of aliphatic hydroxyl groups is 1. The molecule has 2 unspecified atom stereocenters. The maximum absolute atomic E-state index is 14.6. The largest absolute Gasteiger partial charge is 0.390 e. The number of nitrogens with zero attached hydrogens (tertiary/aromatic N) is 1. The lowest BCUT2D eigenvalue weighted by Crippen LogP contribution is -2.57. The molecule has 146 valence electrons. The van der Waals surface area contributed by atoms with Crippen molar-refractivity contribution in [2.75, 3.05) is 4.90 Å². The number of rotatable bonds is 4. The molecule has 0 aromatic heterocycles. The highest BCUT2D eigenvalue weighted by Gasteiger charge is 2.57. The van der Waals surface area contributed by atoms with Crippen molar-refractivity contribution in [1.29, 1.82) is 0 Å². The summed E-state index contributed by atoms with van der Waals surface area (Å²) in [6.45, 7) is 0. The van der Waals surface area contributed by atoms with Gasteiger partial charge in [0, 0.05) is 12.5 Å². The summed E-state index contributed by atoms with van der Waals surface area (Å²) in [6, 6.07) is 6.83. The highest BCUT2D eigenvalue weighted by atomic mass is 19.1. The summed E-state index contributed by atoms with van der Waals surface area (Å²) >= 11 is 0. The van der Waals surface area contributed by atoms with Crippen LogP contribution in [0.1, 0.15) is 70.6 Å². The van der Waals surface area contributed by atoms with Gasteiger partial charge in [-0.25, -0.2) is 4.39 Å². The van der Waals surface area contributed by atoms with E-state index in [-0.39, 0.29) is 23.2 Å². The Morgan fingerprint density at radius 1 is 1.11 bits per heavy atom. The fraction of sp³-hybridized carbons (Fsp3) is 0.696. The van der Waals surface area contributed by atoms with Gasteiger partial charge in [-0.15, -0.1) is 0 Å². The molecular formula is C23H30FNO2. The summed E-state index contributed by atoms with van der Waals surface area (Å²) in [5, 5.41) is 11.0. The molecule has 1 amide bonds. The van der Waals surface area contributed by atoms with E-state index >= 15 is 0 Å². The molecule has 1 aromatic rings. The number of hydrogen-bond acceptors (Lipinski definition) is 2. The Morgan fingerprint density at radius 3 is 2.41 bits per heavy atom. The fourth-order valence-corrected chi connectivity index (χ4v) is 7.36. The molecule has 1 aromatic carbocycles. The first-order valence-electron chi connectivity index (χ1n) is 10.7. The summed E-state index contributed by atoms with van der Waals surface area (Å²) in [7, 11) is 0. The van der Waals surface area contributed by atoms with Crippen LogP contribution < -0.4 is 4.90 Å². The molecule has 0 radical (unpaired) electrons. The van der Waals surface area contributed by atoms with Crippen LogP contribution in [-0.2, 0) is 4.79 Å². The molecule has 5 fully saturated rings. The van der Waals surface area contributed by atoms with Crippen LogP contribution >= 0.6 is 0 Å². The normalized spacial score (nSPS) is 37.7. The third-order valence-electron chi connectivity index (χ3n) is 7.75. The topological polar surface area (TPSA) is 40.5 Å². The lowest BCUT2D eigenvalue weighted by molar-refractivity contribution is -0.168. The van der Waals surface area contributed by atoms with Gasteiger partial charge in [-0.3, -0.25) is 4.79 Å². The van der Waals surface area contributed by atoms with E-state index in [1.807, 2.05) is 6.07 Å². The number of halogens is 1. The summed E-state index contributed by atoms with van der Waals surface area (Å²) in [5.41, 5.74) is -0.184. The molecule has 5 saturated carbocycles. The predicted molar refractivity (Wildman–Crippen MR) is 103 cm³/mol. The average molecular weight is 371 g/mol.